The third-order valence-corrected chi connectivity index (χ3v) is 7.37. The van der Waals surface area contributed by atoms with Gasteiger partial charge in [-0.25, -0.2) is 0 Å². The van der Waals surface area contributed by atoms with E-state index >= 15 is 0 Å². The van der Waals surface area contributed by atoms with Crippen molar-refractivity contribution in [3.63, 3.8) is 0 Å². The summed E-state index contributed by atoms with van der Waals surface area (Å²) in [6.07, 6.45) is 4.81. The van der Waals surface area contributed by atoms with Crippen molar-refractivity contribution >= 4 is 11.8 Å². The molecule has 1 spiro atoms. The van der Waals surface area contributed by atoms with E-state index in [4.69, 9.17) is 18.9 Å². The average Bonchev–Trinajstić information content (AvgIpc) is 2.78. The third-order valence-electron chi connectivity index (χ3n) is 6.45. The van der Waals surface area contributed by atoms with E-state index in [1.807, 2.05) is 36.6 Å². The molecule has 0 amide bonds. The number of azide groups is 1. The summed E-state index contributed by atoms with van der Waals surface area (Å²) in [6, 6.07) is 8.54. The predicted octanol–water partition coefficient (Wildman–Crippen LogP) is 3.95. The molecule has 3 unspecified atom stereocenters. The lowest BCUT2D eigenvalue weighted by atomic mass is 9.78. The molecule has 30 heavy (non-hydrogen) atoms. The van der Waals surface area contributed by atoms with E-state index in [0.29, 0.717) is 6.61 Å². The van der Waals surface area contributed by atoms with Gasteiger partial charge in [-0.15, -0.1) is 11.8 Å². The molecule has 1 aliphatic carbocycles. The molecule has 1 aromatic rings. The maximum atomic E-state index is 12.1. The Kier molecular flexibility index (Phi) is 6.60. The van der Waals surface area contributed by atoms with E-state index in [1.54, 1.807) is 7.11 Å². The van der Waals surface area contributed by atoms with Crippen LogP contribution in [0.2, 0.25) is 0 Å². The Bertz CT molecular complexity index is 771. The lowest BCUT2D eigenvalue weighted by molar-refractivity contribution is -0.369. The van der Waals surface area contributed by atoms with Crippen LogP contribution in [-0.2, 0) is 18.9 Å². The van der Waals surface area contributed by atoms with Gasteiger partial charge >= 0.3 is 0 Å². The van der Waals surface area contributed by atoms with Gasteiger partial charge in [0, 0.05) is 24.9 Å². The number of hydrogen-bond acceptors (Lipinski definition) is 7. The molecule has 0 bridgehead atoms. The highest BCUT2D eigenvalue weighted by molar-refractivity contribution is 7.99. The zero-order chi connectivity index (χ0) is 21.2. The third kappa shape index (κ3) is 3.73. The zero-order valence-electron chi connectivity index (χ0n) is 17.3. The Morgan fingerprint density at radius 1 is 1.27 bits per heavy atom. The summed E-state index contributed by atoms with van der Waals surface area (Å²) >= 11 is 1.36. The van der Waals surface area contributed by atoms with Gasteiger partial charge in [0.15, 0.2) is 5.79 Å². The Morgan fingerprint density at radius 3 is 2.63 bits per heavy atom. The van der Waals surface area contributed by atoms with Gasteiger partial charge in [0.2, 0.25) is 0 Å². The standard InChI is InChI=1S/C21H29N3O5S/c1-26-18(14-9-5-3-6-10-14)21(25)17(23-24-22)16-15(28-19(21)30-2)13-27-20(29-16)11-7-4-8-12-20/h3,5-6,9-10,15-19,25H,4,7-8,11-13H2,1-2H3/t15?,16-,17+,18?,19+,21?/m1/s1. The van der Waals surface area contributed by atoms with Gasteiger partial charge in [-0.1, -0.05) is 41.9 Å². The van der Waals surface area contributed by atoms with Crippen LogP contribution < -0.4 is 0 Å². The minimum absolute atomic E-state index is 0.345. The summed E-state index contributed by atoms with van der Waals surface area (Å²) in [5.41, 5.74) is 7.86. The fourth-order valence-corrected chi connectivity index (χ4v) is 5.95. The van der Waals surface area contributed by atoms with Crippen LogP contribution in [0.4, 0.5) is 0 Å². The molecule has 3 aliphatic rings. The molecule has 2 aliphatic heterocycles. The molecule has 9 heteroatoms. The minimum atomic E-state index is -1.63. The van der Waals surface area contributed by atoms with E-state index in [1.165, 1.54) is 11.8 Å². The molecular weight excluding hydrogens is 406 g/mol. The molecule has 0 aromatic heterocycles. The first-order valence-corrected chi connectivity index (χ1v) is 11.7. The summed E-state index contributed by atoms with van der Waals surface area (Å²) in [6.45, 7) is 0.345. The van der Waals surface area contributed by atoms with Crippen molar-refractivity contribution < 1.29 is 24.1 Å². The molecule has 6 atom stereocenters. The number of hydrogen-bond donors (Lipinski definition) is 1. The van der Waals surface area contributed by atoms with Crippen molar-refractivity contribution in [3.05, 3.63) is 46.3 Å². The van der Waals surface area contributed by atoms with E-state index in [0.717, 1.165) is 37.7 Å². The van der Waals surface area contributed by atoms with Gasteiger partial charge < -0.3 is 24.1 Å². The number of fused-ring (bicyclic) bond motifs is 1. The first kappa shape index (κ1) is 21.9. The highest BCUT2D eigenvalue weighted by Gasteiger charge is 2.63. The Hall–Kier alpha value is -1.32. The second-order valence-corrected chi connectivity index (χ2v) is 9.07. The lowest BCUT2D eigenvalue weighted by Crippen LogP contribution is -2.71. The number of thioether (sulfide) groups is 1. The van der Waals surface area contributed by atoms with Crippen LogP contribution >= 0.6 is 11.8 Å². The summed E-state index contributed by atoms with van der Waals surface area (Å²) in [7, 11) is 1.54. The topological polar surface area (TPSA) is 106 Å². The molecule has 2 heterocycles. The second kappa shape index (κ2) is 9.04. The van der Waals surface area contributed by atoms with Crippen molar-refractivity contribution in [2.24, 2.45) is 5.11 Å². The monoisotopic (exact) mass is 435 g/mol. The van der Waals surface area contributed by atoms with Crippen LogP contribution in [0.1, 0.15) is 43.8 Å². The van der Waals surface area contributed by atoms with E-state index in [2.05, 4.69) is 10.0 Å². The fraction of sp³-hybridized carbons (Fsp3) is 0.714. The van der Waals surface area contributed by atoms with Gasteiger partial charge in [-0.05, 0) is 30.2 Å². The van der Waals surface area contributed by atoms with Gasteiger partial charge in [0.1, 0.15) is 35.4 Å². The number of aliphatic hydroxyl groups is 1. The molecular formula is C21H29N3O5S. The van der Waals surface area contributed by atoms with Gasteiger partial charge in [0.25, 0.3) is 0 Å². The molecule has 2 saturated heterocycles. The molecule has 4 rings (SSSR count). The van der Waals surface area contributed by atoms with Crippen molar-refractivity contribution in [1.29, 1.82) is 0 Å². The minimum Gasteiger partial charge on any atom is -0.383 e. The molecule has 3 fully saturated rings. The number of methoxy groups -OCH3 is 1. The Morgan fingerprint density at radius 2 is 2.00 bits per heavy atom. The van der Waals surface area contributed by atoms with Crippen molar-refractivity contribution in [2.45, 2.75) is 73.3 Å². The van der Waals surface area contributed by atoms with Crippen molar-refractivity contribution in [2.75, 3.05) is 20.0 Å². The van der Waals surface area contributed by atoms with E-state index in [9.17, 15) is 10.6 Å². The highest BCUT2D eigenvalue weighted by Crippen LogP contribution is 2.50. The molecule has 1 N–H and O–H groups in total. The maximum absolute atomic E-state index is 12.1. The Labute approximate surface area is 180 Å². The van der Waals surface area contributed by atoms with Crippen LogP contribution in [0.5, 0.6) is 0 Å². The predicted molar refractivity (Wildman–Crippen MR) is 113 cm³/mol. The van der Waals surface area contributed by atoms with Crippen LogP contribution in [0, 0.1) is 0 Å². The maximum Gasteiger partial charge on any atom is 0.168 e. The number of benzene rings is 1. The number of rotatable bonds is 5. The quantitative estimate of drug-likeness (QED) is 0.426. The lowest BCUT2D eigenvalue weighted by Gasteiger charge is -2.56. The van der Waals surface area contributed by atoms with Gasteiger partial charge in [-0.2, -0.15) is 0 Å². The smallest absolute Gasteiger partial charge is 0.168 e. The van der Waals surface area contributed by atoms with Gasteiger partial charge in [0.05, 0.1) is 6.61 Å². The molecule has 164 valence electrons. The Balaban J connectivity index is 1.75. The van der Waals surface area contributed by atoms with Gasteiger partial charge in [-0.3, -0.25) is 0 Å². The number of nitrogens with zero attached hydrogens (tertiary/aromatic N) is 3. The SMILES string of the molecule is COC(c1ccccc1)C1(O)[C@H](SC)OC2COC3(CCCCC3)O[C@H]2[C@@H]1N=[N+]=[N-]. The van der Waals surface area contributed by atoms with E-state index in [-0.39, 0.29) is 0 Å². The van der Waals surface area contributed by atoms with Crippen molar-refractivity contribution in [3.8, 4) is 0 Å². The average molecular weight is 436 g/mol. The molecule has 8 nitrogen and oxygen atoms in total. The van der Waals surface area contributed by atoms with Crippen LogP contribution in [0.3, 0.4) is 0 Å². The summed E-state index contributed by atoms with van der Waals surface area (Å²) < 4.78 is 24.7. The first-order valence-electron chi connectivity index (χ1n) is 10.4. The van der Waals surface area contributed by atoms with Crippen LogP contribution in [0.15, 0.2) is 35.4 Å². The fourth-order valence-electron chi connectivity index (χ4n) is 5.05. The summed E-state index contributed by atoms with van der Waals surface area (Å²) in [4.78, 5) is 3.08. The zero-order valence-corrected chi connectivity index (χ0v) is 18.2. The van der Waals surface area contributed by atoms with Crippen molar-refractivity contribution in [1.82, 2.24) is 0 Å². The second-order valence-electron chi connectivity index (χ2n) is 8.17. The molecule has 1 aromatic carbocycles. The summed E-state index contributed by atoms with van der Waals surface area (Å²) in [5.74, 6) is -0.700. The highest BCUT2D eigenvalue weighted by atomic mass is 32.2. The summed E-state index contributed by atoms with van der Waals surface area (Å²) in [5, 5.41) is 16.2. The molecule has 0 radical (unpaired) electrons. The normalized spacial score (nSPS) is 36.5. The largest absolute Gasteiger partial charge is 0.383 e. The van der Waals surface area contributed by atoms with Crippen LogP contribution in [0.25, 0.3) is 10.4 Å². The van der Waals surface area contributed by atoms with Crippen LogP contribution in [-0.4, -0.2) is 60.2 Å². The first-order chi connectivity index (χ1) is 14.6. The van der Waals surface area contributed by atoms with E-state index < -0.39 is 41.2 Å². The molecule has 1 saturated carbocycles. The number of ether oxygens (including phenoxy) is 4.